The van der Waals surface area contributed by atoms with Gasteiger partial charge in [0.2, 0.25) is 0 Å². The zero-order valence-corrected chi connectivity index (χ0v) is 15.6. The molecular formula is C19H16ClF3N4O. The molecule has 1 amide bonds. The molecule has 0 unspecified atom stereocenters. The Balaban J connectivity index is 1.65. The van der Waals surface area contributed by atoms with E-state index < -0.39 is 11.7 Å². The molecule has 28 heavy (non-hydrogen) atoms. The number of halogens is 4. The molecule has 1 aromatic heterocycles. The van der Waals surface area contributed by atoms with Gasteiger partial charge in [-0.15, -0.1) is 5.10 Å². The van der Waals surface area contributed by atoms with E-state index in [2.05, 4.69) is 10.3 Å². The summed E-state index contributed by atoms with van der Waals surface area (Å²) in [4.78, 5) is 13.9. The molecule has 2 aromatic carbocycles. The van der Waals surface area contributed by atoms with E-state index in [9.17, 15) is 18.0 Å². The van der Waals surface area contributed by atoms with Crippen molar-refractivity contribution in [1.29, 1.82) is 0 Å². The molecule has 146 valence electrons. The van der Waals surface area contributed by atoms with Crippen LogP contribution in [-0.2, 0) is 19.3 Å². The van der Waals surface area contributed by atoms with Gasteiger partial charge in [-0.3, -0.25) is 4.79 Å². The van der Waals surface area contributed by atoms with Gasteiger partial charge in [0.15, 0.2) is 5.69 Å². The summed E-state index contributed by atoms with van der Waals surface area (Å²) in [5.41, 5.74) is 0.827. The monoisotopic (exact) mass is 408 g/mol. The molecular weight excluding hydrogens is 393 g/mol. The van der Waals surface area contributed by atoms with Crippen molar-refractivity contribution in [2.75, 3.05) is 7.05 Å². The first kappa shape index (κ1) is 19.9. The van der Waals surface area contributed by atoms with Crippen molar-refractivity contribution < 1.29 is 18.0 Å². The van der Waals surface area contributed by atoms with Crippen molar-refractivity contribution >= 4 is 17.5 Å². The summed E-state index contributed by atoms with van der Waals surface area (Å²) in [6.07, 6.45) is -2.88. The van der Waals surface area contributed by atoms with Crippen LogP contribution in [0, 0.1) is 0 Å². The number of aromatic nitrogens is 3. The van der Waals surface area contributed by atoms with Gasteiger partial charge in [-0.1, -0.05) is 47.1 Å². The van der Waals surface area contributed by atoms with Gasteiger partial charge in [0.25, 0.3) is 5.91 Å². The SMILES string of the molecule is CN(Cc1ccc(C(F)(F)F)cc1)C(=O)c1cn(Cc2ccccc2Cl)nn1. The van der Waals surface area contributed by atoms with Crippen LogP contribution in [0.25, 0.3) is 0 Å². The summed E-state index contributed by atoms with van der Waals surface area (Å²) < 4.78 is 39.4. The molecule has 0 saturated carbocycles. The van der Waals surface area contributed by atoms with E-state index >= 15 is 0 Å². The Morgan fingerprint density at radius 3 is 2.46 bits per heavy atom. The second-order valence-electron chi connectivity index (χ2n) is 6.25. The number of alkyl halides is 3. The van der Waals surface area contributed by atoms with Crippen molar-refractivity contribution in [2.24, 2.45) is 0 Å². The van der Waals surface area contributed by atoms with Crippen molar-refractivity contribution in [3.8, 4) is 0 Å². The standard InChI is InChI=1S/C19H16ClF3N4O/c1-26(10-13-6-8-15(9-7-13)19(21,22)23)18(28)17-12-27(25-24-17)11-14-4-2-3-5-16(14)20/h2-9,12H,10-11H2,1H3. The van der Waals surface area contributed by atoms with E-state index in [0.29, 0.717) is 17.1 Å². The summed E-state index contributed by atoms with van der Waals surface area (Å²) in [5.74, 6) is -0.384. The largest absolute Gasteiger partial charge is 0.416 e. The summed E-state index contributed by atoms with van der Waals surface area (Å²) in [7, 11) is 1.55. The summed E-state index contributed by atoms with van der Waals surface area (Å²) in [6.45, 7) is 0.511. The van der Waals surface area contributed by atoms with Crippen molar-refractivity contribution in [3.63, 3.8) is 0 Å². The number of carbonyl (C=O) groups is 1. The first-order chi connectivity index (χ1) is 13.2. The molecule has 0 saturated heterocycles. The zero-order chi connectivity index (χ0) is 20.3. The van der Waals surface area contributed by atoms with Crippen molar-refractivity contribution in [3.05, 3.63) is 82.1 Å². The van der Waals surface area contributed by atoms with E-state index in [1.807, 2.05) is 18.2 Å². The predicted molar refractivity (Wildman–Crippen MR) is 97.8 cm³/mol. The summed E-state index contributed by atoms with van der Waals surface area (Å²) in [5, 5.41) is 8.41. The molecule has 0 N–H and O–H groups in total. The molecule has 0 radical (unpaired) electrons. The highest BCUT2D eigenvalue weighted by Gasteiger charge is 2.30. The minimum absolute atomic E-state index is 0.140. The highest BCUT2D eigenvalue weighted by molar-refractivity contribution is 6.31. The van der Waals surface area contributed by atoms with E-state index in [4.69, 9.17) is 11.6 Å². The molecule has 0 fully saturated rings. The molecule has 0 spiro atoms. The average Bonchev–Trinajstić information content (AvgIpc) is 3.11. The average molecular weight is 409 g/mol. The zero-order valence-electron chi connectivity index (χ0n) is 14.8. The van der Waals surface area contributed by atoms with E-state index in [1.54, 1.807) is 13.1 Å². The van der Waals surface area contributed by atoms with Crippen LogP contribution in [0.1, 0.15) is 27.2 Å². The van der Waals surface area contributed by atoms with E-state index in [1.165, 1.54) is 27.9 Å². The second kappa shape index (κ2) is 8.02. The lowest BCUT2D eigenvalue weighted by atomic mass is 10.1. The lowest BCUT2D eigenvalue weighted by Crippen LogP contribution is -2.26. The van der Waals surface area contributed by atoms with Crippen LogP contribution in [0.2, 0.25) is 5.02 Å². The molecule has 0 aliphatic heterocycles. The van der Waals surface area contributed by atoms with Gasteiger partial charge in [0.05, 0.1) is 18.3 Å². The number of nitrogens with zero attached hydrogens (tertiary/aromatic N) is 4. The van der Waals surface area contributed by atoms with Gasteiger partial charge in [-0.25, -0.2) is 4.68 Å². The van der Waals surface area contributed by atoms with Crippen LogP contribution < -0.4 is 0 Å². The maximum Gasteiger partial charge on any atom is 0.416 e. The minimum Gasteiger partial charge on any atom is -0.336 e. The fourth-order valence-corrected chi connectivity index (χ4v) is 2.81. The Labute approximate surface area is 164 Å². The Bertz CT molecular complexity index is 970. The quantitative estimate of drug-likeness (QED) is 0.633. The maximum absolute atomic E-state index is 12.6. The lowest BCUT2D eigenvalue weighted by Gasteiger charge is -2.16. The third kappa shape index (κ3) is 4.69. The van der Waals surface area contributed by atoms with Crippen LogP contribution >= 0.6 is 11.6 Å². The van der Waals surface area contributed by atoms with Gasteiger partial charge in [-0.05, 0) is 29.3 Å². The topological polar surface area (TPSA) is 51.0 Å². The van der Waals surface area contributed by atoms with Crippen molar-refractivity contribution in [1.82, 2.24) is 19.9 Å². The normalized spacial score (nSPS) is 11.5. The second-order valence-corrected chi connectivity index (χ2v) is 6.66. The molecule has 1 heterocycles. The summed E-state index contributed by atoms with van der Waals surface area (Å²) >= 11 is 6.12. The third-order valence-electron chi connectivity index (χ3n) is 4.10. The summed E-state index contributed by atoms with van der Waals surface area (Å²) in [6, 6.07) is 12.0. The van der Waals surface area contributed by atoms with E-state index in [0.717, 1.165) is 17.7 Å². The van der Waals surface area contributed by atoms with Gasteiger partial charge in [0, 0.05) is 18.6 Å². The van der Waals surface area contributed by atoms with Gasteiger partial charge in [-0.2, -0.15) is 13.2 Å². The first-order valence-electron chi connectivity index (χ1n) is 8.29. The molecule has 3 rings (SSSR count). The Morgan fingerprint density at radius 1 is 1.14 bits per heavy atom. The van der Waals surface area contributed by atoms with Gasteiger partial charge < -0.3 is 4.90 Å². The number of hydrogen-bond acceptors (Lipinski definition) is 3. The molecule has 0 bridgehead atoms. The Hall–Kier alpha value is -2.87. The van der Waals surface area contributed by atoms with Crippen LogP contribution in [-0.4, -0.2) is 32.8 Å². The van der Waals surface area contributed by atoms with Crippen LogP contribution in [0.4, 0.5) is 13.2 Å². The molecule has 0 aliphatic rings. The van der Waals surface area contributed by atoms with Crippen LogP contribution in [0.3, 0.4) is 0 Å². The molecule has 9 heteroatoms. The predicted octanol–water partition coefficient (Wildman–Crippen LogP) is 4.27. The number of rotatable bonds is 5. The smallest absolute Gasteiger partial charge is 0.336 e. The van der Waals surface area contributed by atoms with Gasteiger partial charge >= 0.3 is 6.18 Å². The lowest BCUT2D eigenvalue weighted by molar-refractivity contribution is -0.137. The molecule has 0 aliphatic carbocycles. The molecule has 5 nitrogen and oxygen atoms in total. The molecule has 0 atom stereocenters. The maximum atomic E-state index is 12.6. The van der Waals surface area contributed by atoms with Crippen LogP contribution in [0.15, 0.2) is 54.7 Å². The first-order valence-corrected chi connectivity index (χ1v) is 8.67. The van der Waals surface area contributed by atoms with E-state index in [-0.39, 0.29) is 18.1 Å². The van der Waals surface area contributed by atoms with Crippen LogP contribution in [0.5, 0.6) is 0 Å². The fraction of sp³-hybridized carbons (Fsp3) is 0.211. The third-order valence-corrected chi connectivity index (χ3v) is 4.46. The highest BCUT2D eigenvalue weighted by Crippen LogP contribution is 2.29. The number of amides is 1. The van der Waals surface area contributed by atoms with Gasteiger partial charge in [0.1, 0.15) is 0 Å². The number of benzene rings is 2. The van der Waals surface area contributed by atoms with Crippen molar-refractivity contribution in [2.45, 2.75) is 19.3 Å². The number of carbonyl (C=O) groups excluding carboxylic acids is 1. The Morgan fingerprint density at radius 2 is 1.82 bits per heavy atom. The number of hydrogen-bond donors (Lipinski definition) is 0. The fourth-order valence-electron chi connectivity index (χ4n) is 2.62. The molecule has 3 aromatic rings. The highest BCUT2D eigenvalue weighted by atomic mass is 35.5. The minimum atomic E-state index is -4.39. The Kier molecular flexibility index (Phi) is 5.69.